The molecule has 0 unspecified atom stereocenters. The molecule has 0 saturated heterocycles. The van der Waals surface area contributed by atoms with Gasteiger partial charge in [0.05, 0.1) is 6.21 Å². The molecule has 0 spiro atoms. The van der Waals surface area contributed by atoms with Crippen LogP contribution >= 0.6 is 22.6 Å². The van der Waals surface area contributed by atoms with Crippen molar-refractivity contribution in [2.45, 2.75) is 0 Å². The van der Waals surface area contributed by atoms with Crippen molar-refractivity contribution in [3.05, 3.63) is 81.4 Å². The number of amides is 1. The van der Waals surface area contributed by atoms with E-state index in [1.165, 1.54) is 0 Å². The smallest absolute Gasteiger partial charge is 0.267 e. The first-order valence-corrected chi connectivity index (χ1v) is 7.89. The van der Waals surface area contributed by atoms with Crippen LogP contribution in [0.15, 0.2) is 71.8 Å². The molecule has 1 N–H and O–H groups in total. The van der Waals surface area contributed by atoms with Crippen molar-refractivity contribution in [3.63, 3.8) is 0 Å². The first-order chi connectivity index (χ1) is 10.7. The van der Waals surface area contributed by atoms with Crippen LogP contribution in [0, 0.1) is 3.57 Å². The Hall–Kier alpha value is -2.21. The van der Waals surface area contributed by atoms with Gasteiger partial charge in [-0.05, 0) is 51.6 Å². The predicted molar refractivity (Wildman–Crippen MR) is 98.2 cm³/mol. The molecule has 0 aliphatic rings. The van der Waals surface area contributed by atoms with Crippen molar-refractivity contribution >= 4 is 45.5 Å². The number of nitrogens with one attached hydrogen (secondary N) is 1. The summed E-state index contributed by atoms with van der Waals surface area (Å²) in [6.07, 6.45) is 1.67. The highest BCUT2D eigenvalue weighted by Crippen LogP contribution is 2.16. The van der Waals surface area contributed by atoms with Gasteiger partial charge in [0.15, 0.2) is 0 Å². The van der Waals surface area contributed by atoms with Crippen molar-refractivity contribution in [1.82, 2.24) is 5.43 Å². The van der Waals surface area contributed by atoms with Crippen LogP contribution in [0.1, 0.15) is 15.9 Å². The number of nitrogens with zero attached hydrogens (tertiary/aromatic N) is 1. The summed E-state index contributed by atoms with van der Waals surface area (Å²) in [4.78, 5) is 12.0. The number of hydrazone groups is 1. The molecule has 3 aromatic rings. The Morgan fingerprint density at radius 2 is 1.77 bits per heavy atom. The van der Waals surface area contributed by atoms with Crippen LogP contribution in [0.4, 0.5) is 0 Å². The summed E-state index contributed by atoms with van der Waals surface area (Å²) in [5.41, 5.74) is 4.14. The monoisotopic (exact) mass is 400 g/mol. The summed E-state index contributed by atoms with van der Waals surface area (Å²) in [7, 11) is 0. The van der Waals surface area contributed by atoms with Gasteiger partial charge in [-0.25, -0.2) is 5.43 Å². The zero-order chi connectivity index (χ0) is 15.4. The minimum atomic E-state index is -0.213. The third-order valence-electron chi connectivity index (χ3n) is 3.28. The average molecular weight is 400 g/mol. The molecule has 22 heavy (non-hydrogen) atoms. The molecule has 0 radical (unpaired) electrons. The summed E-state index contributed by atoms with van der Waals surface area (Å²) in [5, 5.41) is 6.33. The zero-order valence-electron chi connectivity index (χ0n) is 11.7. The second-order valence-electron chi connectivity index (χ2n) is 4.78. The maximum Gasteiger partial charge on any atom is 0.271 e. The maximum atomic E-state index is 12.0. The van der Waals surface area contributed by atoms with Gasteiger partial charge in [0.1, 0.15) is 0 Å². The SMILES string of the molecule is O=C(N/N=C\c1cccc2ccccc12)c1cccc(I)c1. The second kappa shape index (κ2) is 6.70. The summed E-state index contributed by atoms with van der Waals surface area (Å²) in [6, 6.07) is 21.5. The van der Waals surface area contributed by atoms with Crippen molar-refractivity contribution in [2.75, 3.05) is 0 Å². The number of carbonyl (C=O) groups excluding carboxylic acids is 1. The van der Waals surface area contributed by atoms with Gasteiger partial charge in [0.25, 0.3) is 5.91 Å². The topological polar surface area (TPSA) is 41.5 Å². The number of carbonyl (C=O) groups is 1. The Labute approximate surface area is 142 Å². The molecule has 0 saturated carbocycles. The molecule has 1 amide bonds. The Morgan fingerprint density at radius 3 is 2.64 bits per heavy atom. The molecule has 3 aromatic carbocycles. The molecule has 108 valence electrons. The largest absolute Gasteiger partial charge is 0.271 e. The Balaban J connectivity index is 1.78. The molecule has 0 aliphatic heterocycles. The standard InChI is InChI=1S/C18H13IN2O/c19-16-9-4-7-14(11-16)18(22)21-20-12-15-8-3-6-13-5-1-2-10-17(13)15/h1-12H,(H,21,22)/b20-12-. The molecule has 3 rings (SSSR count). The van der Waals surface area contributed by atoms with Crippen LogP contribution in [-0.4, -0.2) is 12.1 Å². The van der Waals surface area contributed by atoms with E-state index in [2.05, 4.69) is 45.3 Å². The molecule has 0 heterocycles. The number of rotatable bonds is 3. The predicted octanol–water partition coefficient (Wildman–Crippen LogP) is 4.21. The molecule has 3 nitrogen and oxygen atoms in total. The van der Waals surface area contributed by atoms with Crippen LogP contribution < -0.4 is 5.43 Å². The van der Waals surface area contributed by atoms with E-state index in [-0.39, 0.29) is 5.91 Å². The number of hydrogen-bond acceptors (Lipinski definition) is 2. The highest BCUT2D eigenvalue weighted by molar-refractivity contribution is 14.1. The van der Waals surface area contributed by atoms with E-state index in [0.29, 0.717) is 5.56 Å². The Bertz CT molecular complexity index is 853. The van der Waals surface area contributed by atoms with Gasteiger partial charge in [-0.1, -0.05) is 48.5 Å². The van der Waals surface area contributed by atoms with E-state index in [0.717, 1.165) is 19.9 Å². The van der Waals surface area contributed by atoms with Gasteiger partial charge >= 0.3 is 0 Å². The summed E-state index contributed by atoms with van der Waals surface area (Å²) >= 11 is 2.18. The van der Waals surface area contributed by atoms with Crippen LogP contribution in [-0.2, 0) is 0 Å². The third-order valence-corrected chi connectivity index (χ3v) is 3.95. The molecule has 0 atom stereocenters. The highest BCUT2D eigenvalue weighted by Gasteiger charge is 2.04. The summed E-state index contributed by atoms with van der Waals surface area (Å²) in [5.74, 6) is -0.213. The lowest BCUT2D eigenvalue weighted by Crippen LogP contribution is -2.17. The zero-order valence-corrected chi connectivity index (χ0v) is 13.8. The van der Waals surface area contributed by atoms with Crippen LogP contribution in [0.5, 0.6) is 0 Å². The van der Waals surface area contributed by atoms with Crippen molar-refractivity contribution in [1.29, 1.82) is 0 Å². The summed E-state index contributed by atoms with van der Waals surface area (Å²) in [6.45, 7) is 0. The van der Waals surface area contributed by atoms with Crippen LogP contribution in [0.3, 0.4) is 0 Å². The summed E-state index contributed by atoms with van der Waals surface area (Å²) < 4.78 is 1.02. The van der Waals surface area contributed by atoms with Gasteiger partial charge < -0.3 is 0 Å². The second-order valence-corrected chi connectivity index (χ2v) is 6.02. The van der Waals surface area contributed by atoms with E-state index in [1.807, 2.05) is 48.5 Å². The van der Waals surface area contributed by atoms with Gasteiger partial charge in [-0.2, -0.15) is 5.10 Å². The van der Waals surface area contributed by atoms with Gasteiger partial charge in [0, 0.05) is 14.7 Å². The van der Waals surface area contributed by atoms with E-state index in [1.54, 1.807) is 12.3 Å². The fourth-order valence-corrected chi connectivity index (χ4v) is 2.76. The number of hydrogen-bond donors (Lipinski definition) is 1. The van der Waals surface area contributed by atoms with E-state index >= 15 is 0 Å². The Morgan fingerprint density at radius 1 is 1.00 bits per heavy atom. The fourth-order valence-electron chi connectivity index (χ4n) is 2.22. The lowest BCUT2D eigenvalue weighted by Gasteiger charge is -2.02. The fraction of sp³-hybridized carbons (Fsp3) is 0. The van der Waals surface area contributed by atoms with Crippen molar-refractivity contribution in [3.8, 4) is 0 Å². The van der Waals surface area contributed by atoms with Gasteiger partial charge in [0.2, 0.25) is 0 Å². The molecule has 0 bridgehead atoms. The first kappa shape index (κ1) is 14.7. The van der Waals surface area contributed by atoms with Crippen LogP contribution in [0.2, 0.25) is 0 Å². The third kappa shape index (κ3) is 3.33. The van der Waals surface area contributed by atoms with Gasteiger partial charge in [-0.15, -0.1) is 0 Å². The quantitative estimate of drug-likeness (QED) is 0.400. The lowest BCUT2D eigenvalue weighted by molar-refractivity contribution is 0.0955. The van der Waals surface area contributed by atoms with E-state index in [4.69, 9.17) is 0 Å². The minimum absolute atomic E-state index is 0.213. The average Bonchev–Trinajstić information content (AvgIpc) is 2.55. The minimum Gasteiger partial charge on any atom is -0.267 e. The molecule has 0 aromatic heterocycles. The normalized spacial score (nSPS) is 11.0. The van der Waals surface area contributed by atoms with Crippen LogP contribution in [0.25, 0.3) is 10.8 Å². The lowest BCUT2D eigenvalue weighted by atomic mass is 10.1. The van der Waals surface area contributed by atoms with Crippen molar-refractivity contribution in [2.24, 2.45) is 5.10 Å². The van der Waals surface area contributed by atoms with E-state index in [9.17, 15) is 4.79 Å². The van der Waals surface area contributed by atoms with Gasteiger partial charge in [-0.3, -0.25) is 4.79 Å². The number of benzene rings is 3. The molecular formula is C18H13IN2O. The number of halogens is 1. The first-order valence-electron chi connectivity index (χ1n) is 6.81. The van der Waals surface area contributed by atoms with E-state index < -0.39 is 0 Å². The molecule has 4 heteroatoms. The number of fused-ring (bicyclic) bond motifs is 1. The molecule has 0 aliphatic carbocycles. The molecular weight excluding hydrogens is 387 g/mol. The van der Waals surface area contributed by atoms with Crippen molar-refractivity contribution < 1.29 is 4.79 Å². The maximum absolute atomic E-state index is 12.0. The molecule has 0 fully saturated rings. The Kier molecular flexibility index (Phi) is 4.48. The highest BCUT2D eigenvalue weighted by atomic mass is 127.